The van der Waals surface area contributed by atoms with Gasteiger partial charge in [-0.25, -0.2) is 9.98 Å². The molecule has 3 heterocycles. The summed E-state index contributed by atoms with van der Waals surface area (Å²) >= 11 is 1.79. The van der Waals surface area contributed by atoms with Crippen molar-refractivity contribution in [1.29, 1.82) is 0 Å². The van der Waals surface area contributed by atoms with Crippen LogP contribution in [-0.4, -0.2) is 24.7 Å². The molecule has 0 amide bonds. The van der Waals surface area contributed by atoms with Gasteiger partial charge in [0.2, 0.25) is 0 Å². The van der Waals surface area contributed by atoms with E-state index in [9.17, 15) is 0 Å². The van der Waals surface area contributed by atoms with Crippen LogP contribution in [0.3, 0.4) is 0 Å². The van der Waals surface area contributed by atoms with Crippen molar-refractivity contribution in [3.05, 3.63) is 217 Å². The van der Waals surface area contributed by atoms with E-state index in [1.54, 1.807) is 11.3 Å². The lowest BCUT2D eigenvalue weighted by atomic mass is 10.0. The highest BCUT2D eigenvalue weighted by atomic mass is 32.1. The molecule has 7 aromatic carbocycles. The number of rotatable bonds is 8. The van der Waals surface area contributed by atoms with Crippen LogP contribution in [0.15, 0.2) is 210 Å². The zero-order chi connectivity index (χ0) is 36.6. The van der Waals surface area contributed by atoms with Gasteiger partial charge in [0.1, 0.15) is 16.5 Å². The van der Waals surface area contributed by atoms with Crippen molar-refractivity contribution in [2.24, 2.45) is 9.98 Å². The normalized spacial score (nSPS) is 14.4. The number of hydrogen-bond acceptors (Lipinski definition) is 4. The molecule has 1 aliphatic rings. The summed E-state index contributed by atoms with van der Waals surface area (Å²) in [5, 5.41) is 11.5. The third-order valence-corrected chi connectivity index (χ3v) is 16.6. The number of hydrogen-bond donors (Lipinski definition) is 2. The van der Waals surface area contributed by atoms with E-state index in [2.05, 4.69) is 205 Å². The fourth-order valence-corrected chi connectivity index (χ4v) is 14.0. The summed E-state index contributed by atoms with van der Waals surface area (Å²) in [7, 11) is -2.73. The van der Waals surface area contributed by atoms with E-state index in [1.807, 2.05) is 6.07 Å². The average Bonchev–Trinajstić information content (AvgIpc) is 3.85. The summed E-state index contributed by atoms with van der Waals surface area (Å²) in [4.78, 5) is 15.3. The molecule has 262 valence electrons. The molecule has 10 rings (SSSR count). The maximum absolute atomic E-state index is 5.31. The van der Waals surface area contributed by atoms with Gasteiger partial charge in [-0.3, -0.25) is 0 Å². The maximum Gasteiger partial charge on any atom is 0.179 e. The van der Waals surface area contributed by atoms with E-state index in [1.165, 1.54) is 41.8 Å². The zero-order valence-corrected chi connectivity index (χ0v) is 31.7. The fraction of sp³-hybridized carbons (Fsp3) is 0.0204. The molecular weight excluding hydrogens is 705 g/mol. The van der Waals surface area contributed by atoms with E-state index in [0.29, 0.717) is 0 Å². The largest absolute Gasteiger partial charge is 0.352 e. The number of fused-ring (bicyclic) bond motifs is 3. The predicted molar refractivity (Wildman–Crippen MR) is 235 cm³/mol. The van der Waals surface area contributed by atoms with Gasteiger partial charge < -0.3 is 10.3 Å². The molecule has 2 N–H and O–H groups in total. The minimum Gasteiger partial charge on any atom is -0.352 e. The Labute approximate surface area is 325 Å². The first-order valence-electron chi connectivity index (χ1n) is 18.6. The van der Waals surface area contributed by atoms with Gasteiger partial charge in [0.15, 0.2) is 14.2 Å². The number of nitrogens with one attached hydrogen (secondary N) is 2. The van der Waals surface area contributed by atoms with Crippen molar-refractivity contribution in [2.45, 2.75) is 6.17 Å². The van der Waals surface area contributed by atoms with E-state index in [4.69, 9.17) is 9.98 Å². The van der Waals surface area contributed by atoms with E-state index < -0.39 is 14.2 Å². The van der Waals surface area contributed by atoms with Crippen LogP contribution in [-0.2, 0) is 0 Å². The average molecular weight is 741 g/mol. The lowest BCUT2D eigenvalue weighted by Gasteiger charge is -2.34. The highest BCUT2D eigenvalue weighted by Crippen LogP contribution is 2.37. The van der Waals surface area contributed by atoms with Crippen LogP contribution in [0, 0.1) is 0 Å². The quantitative estimate of drug-likeness (QED) is 0.119. The van der Waals surface area contributed by atoms with Crippen LogP contribution in [0.25, 0.3) is 31.4 Å². The number of nitrogens with zero attached hydrogens (tertiary/aromatic N) is 2. The van der Waals surface area contributed by atoms with Crippen molar-refractivity contribution in [3.63, 3.8) is 0 Å². The lowest BCUT2D eigenvalue weighted by Crippen LogP contribution is -2.74. The van der Waals surface area contributed by atoms with Crippen molar-refractivity contribution < 1.29 is 0 Å². The Morgan fingerprint density at radius 2 is 1.02 bits per heavy atom. The molecule has 0 spiro atoms. The highest BCUT2D eigenvalue weighted by molar-refractivity contribution is 7.25. The lowest BCUT2D eigenvalue weighted by molar-refractivity contribution is 0.756. The summed E-state index contributed by atoms with van der Waals surface area (Å²) in [5.74, 6) is 1.60. The second-order valence-electron chi connectivity index (χ2n) is 13.9. The molecule has 55 heavy (non-hydrogen) atoms. The molecule has 0 fully saturated rings. The minimum atomic E-state index is -2.73. The van der Waals surface area contributed by atoms with Gasteiger partial charge in [0, 0.05) is 32.8 Å². The first kappa shape index (κ1) is 33.0. The Morgan fingerprint density at radius 1 is 0.473 bits per heavy atom. The number of thiophene rings is 1. The molecule has 0 bridgehead atoms. The molecule has 0 aliphatic carbocycles. The Bertz CT molecular complexity index is 2730. The third-order valence-electron chi connectivity index (χ3n) is 10.7. The number of aromatic amines is 1. The minimum absolute atomic E-state index is 0.396. The van der Waals surface area contributed by atoms with Crippen LogP contribution in [0.4, 0.5) is 0 Å². The second-order valence-corrected chi connectivity index (χ2v) is 18.7. The Balaban J connectivity index is 1.16. The molecule has 0 saturated carbocycles. The van der Waals surface area contributed by atoms with Crippen molar-refractivity contribution in [1.82, 2.24) is 10.3 Å². The van der Waals surface area contributed by atoms with Crippen LogP contribution >= 0.6 is 11.3 Å². The third kappa shape index (κ3) is 5.83. The molecule has 4 nitrogen and oxygen atoms in total. The van der Waals surface area contributed by atoms with Crippen molar-refractivity contribution >= 4 is 72.1 Å². The first-order chi connectivity index (χ1) is 27.3. The van der Waals surface area contributed by atoms with Crippen LogP contribution in [0.2, 0.25) is 0 Å². The second kappa shape index (κ2) is 14.0. The SMILES string of the molecule is c1ccc(-c2cccc(C3=NC(c4ccccc4)N=C(c4c[nH]c5sc6ccc([Si](c7ccccc7)(c7ccccc7)c7ccccc7)cc6c45)N3)c2)cc1. The number of amidine groups is 2. The molecule has 6 heteroatoms. The van der Waals surface area contributed by atoms with Gasteiger partial charge in [0.25, 0.3) is 0 Å². The molecule has 1 aliphatic heterocycles. The molecule has 0 radical (unpaired) electrons. The molecule has 0 saturated heterocycles. The fourth-order valence-electron chi connectivity index (χ4n) is 8.15. The Morgan fingerprint density at radius 3 is 1.65 bits per heavy atom. The Hall–Kier alpha value is -6.60. The van der Waals surface area contributed by atoms with Gasteiger partial charge in [-0.2, -0.15) is 0 Å². The summed E-state index contributed by atoms with van der Waals surface area (Å²) in [5.41, 5.74) is 5.42. The molecule has 2 aromatic heterocycles. The summed E-state index contributed by atoms with van der Waals surface area (Å²) < 4.78 is 1.24. The zero-order valence-electron chi connectivity index (χ0n) is 29.9. The first-order valence-corrected chi connectivity index (χ1v) is 21.4. The molecule has 9 aromatic rings. The number of aromatic nitrogens is 1. The molecule has 1 atom stereocenters. The molecule has 1 unspecified atom stereocenters. The number of H-pyrrole nitrogens is 1. The number of benzene rings is 7. The van der Waals surface area contributed by atoms with Gasteiger partial charge in [-0.15, -0.1) is 11.3 Å². The summed E-state index contributed by atoms with van der Waals surface area (Å²) in [6.07, 6.45) is 1.72. The van der Waals surface area contributed by atoms with E-state index in [0.717, 1.165) is 38.8 Å². The van der Waals surface area contributed by atoms with Gasteiger partial charge in [-0.1, -0.05) is 182 Å². The standard InChI is InChI=1S/C49H36N4SSi/c1-6-17-34(18-7-1)36-21-16-22-37(31-36)47-51-46(35-19-8-2-9-20-35)52-48(53-47)43-33-50-49-45(43)42-32-41(29-30-44(42)54-49)55(38-23-10-3-11-24-38,39-25-12-4-13-26-39)40-27-14-5-15-28-40/h1-33,46,50H,(H,51,52,53). The highest BCUT2D eigenvalue weighted by Gasteiger charge is 2.41. The van der Waals surface area contributed by atoms with E-state index >= 15 is 0 Å². The van der Waals surface area contributed by atoms with Crippen LogP contribution < -0.4 is 26.1 Å². The van der Waals surface area contributed by atoms with E-state index in [-0.39, 0.29) is 0 Å². The predicted octanol–water partition coefficient (Wildman–Crippen LogP) is 8.92. The van der Waals surface area contributed by atoms with Crippen LogP contribution in [0.1, 0.15) is 22.9 Å². The number of aliphatic imine (C=N–C) groups is 2. The molecular formula is C49H36N4SSi. The van der Waals surface area contributed by atoms with Crippen molar-refractivity contribution in [3.8, 4) is 11.1 Å². The van der Waals surface area contributed by atoms with Gasteiger partial charge >= 0.3 is 0 Å². The van der Waals surface area contributed by atoms with Gasteiger partial charge in [0.05, 0.1) is 0 Å². The topological polar surface area (TPSA) is 52.5 Å². The monoisotopic (exact) mass is 740 g/mol. The summed E-state index contributed by atoms with van der Waals surface area (Å²) in [6.45, 7) is 0. The van der Waals surface area contributed by atoms with Gasteiger partial charge in [-0.05, 0) is 49.6 Å². The maximum atomic E-state index is 5.31. The van der Waals surface area contributed by atoms with Crippen molar-refractivity contribution in [2.75, 3.05) is 0 Å². The smallest absolute Gasteiger partial charge is 0.179 e. The van der Waals surface area contributed by atoms with Crippen LogP contribution in [0.5, 0.6) is 0 Å². The summed E-state index contributed by atoms with van der Waals surface area (Å²) in [6, 6.07) is 70.0. The Kier molecular flexibility index (Phi) is 8.40.